The Balaban J connectivity index is 2.05. The van der Waals surface area contributed by atoms with Crippen molar-refractivity contribution in [2.24, 2.45) is 11.8 Å². The van der Waals surface area contributed by atoms with E-state index in [1.54, 1.807) is 6.92 Å². The van der Waals surface area contributed by atoms with Gasteiger partial charge in [0, 0.05) is 0 Å². The van der Waals surface area contributed by atoms with Crippen molar-refractivity contribution in [2.45, 2.75) is 39.0 Å². The molecule has 0 aromatic heterocycles. The van der Waals surface area contributed by atoms with Crippen LogP contribution in [0.2, 0.25) is 0 Å². The molecule has 1 aliphatic carbocycles. The molecular weight excluding hydrogens is 140 g/mol. The van der Waals surface area contributed by atoms with Gasteiger partial charge in [-0.15, -0.1) is 0 Å². The van der Waals surface area contributed by atoms with Crippen LogP contribution in [0.1, 0.15) is 39.0 Å². The first-order valence-corrected chi connectivity index (χ1v) is 4.43. The highest BCUT2D eigenvalue weighted by Crippen LogP contribution is 2.31. The normalized spacial score (nSPS) is 20.8. The lowest BCUT2D eigenvalue weighted by molar-refractivity contribution is -0.141. The summed E-state index contributed by atoms with van der Waals surface area (Å²) in [4.78, 5) is 10.4. The van der Waals surface area contributed by atoms with Crippen LogP contribution < -0.4 is 0 Å². The second-order valence-electron chi connectivity index (χ2n) is 3.61. The minimum Gasteiger partial charge on any atom is -0.481 e. The Kier molecular flexibility index (Phi) is 2.92. The standard InChI is InChI=1S/C9H16O2/c1-7(9(10)11)5-6-8-3-2-4-8/h7-8H,2-6H2,1H3,(H,10,11). The Hall–Kier alpha value is -0.530. The van der Waals surface area contributed by atoms with Crippen LogP contribution in [-0.2, 0) is 4.79 Å². The summed E-state index contributed by atoms with van der Waals surface area (Å²) in [6.07, 6.45) is 5.98. The zero-order chi connectivity index (χ0) is 8.27. The summed E-state index contributed by atoms with van der Waals surface area (Å²) in [6, 6.07) is 0. The maximum absolute atomic E-state index is 10.4. The van der Waals surface area contributed by atoms with Crippen LogP contribution in [0, 0.1) is 11.8 Å². The third-order valence-electron chi connectivity index (χ3n) is 2.65. The second kappa shape index (κ2) is 3.74. The Labute approximate surface area is 67.6 Å². The molecule has 2 nitrogen and oxygen atoms in total. The largest absolute Gasteiger partial charge is 0.481 e. The molecule has 1 rings (SSSR count). The van der Waals surface area contributed by atoms with Gasteiger partial charge in [0.05, 0.1) is 5.92 Å². The highest BCUT2D eigenvalue weighted by molar-refractivity contribution is 5.69. The SMILES string of the molecule is CC(CCC1CCC1)C(=O)O. The molecule has 1 atom stereocenters. The van der Waals surface area contributed by atoms with Crippen molar-refractivity contribution < 1.29 is 9.90 Å². The number of carbonyl (C=O) groups is 1. The van der Waals surface area contributed by atoms with Crippen molar-refractivity contribution in [1.82, 2.24) is 0 Å². The Morgan fingerprint density at radius 2 is 2.27 bits per heavy atom. The van der Waals surface area contributed by atoms with Crippen LogP contribution in [0.4, 0.5) is 0 Å². The average molecular weight is 156 g/mol. The number of hydrogen-bond acceptors (Lipinski definition) is 1. The fraction of sp³-hybridized carbons (Fsp3) is 0.889. The number of carboxylic acid groups (broad SMARTS) is 1. The van der Waals surface area contributed by atoms with Gasteiger partial charge in [-0.1, -0.05) is 26.2 Å². The van der Waals surface area contributed by atoms with Gasteiger partial charge < -0.3 is 5.11 Å². The molecule has 1 aliphatic rings. The first kappa shape index (κ1) is 8.57. The lowest BCUT2D eigenvalue weighted by Gasteiger charge is -2.25. The van der Waals surface area contributed by atoms with Crippen molar-refractivity contribution in [3.05, 3.63) is 0 Å². The van der Waals surface area contributed by atoms with Crippen LogP contribution in [0.15, 0.2) is 0 Å². The van der Waals surface area contributed by atoms with Gasteiger partial charge in [0.25, 0.3) is 0 Å². The minimum absolute atomic E-state index is 0.143. The average Bonchev–Trinajstić information content (AvgIpc) is 1.83. The Bertz CT molecular complexity index is 138. The van der Waals surface area contributed by atoms with Crippen LogP contribution in [-0.4, -0.2) is 11.1 Å². The summed E-state index contributed by atoms with van der Waals surface area (Å²) < 4.78 is 0. The van der Waals surface area contributed by atoms with Gasteiger partial charge >= 0.3 is 5.97 Å². The maximum Gasteiger partial charge on any atom is 0.306 e. The highest BCUT2D eigenvalue weighted by Gasteiger charge is 2.19. The summed E-state index contributed by atoms with van der Waals surface area (Å²) >= 11 is 0. The molecule has 1 fully saturated rings. The summed E-state index contributed by atoms with van der Waals surface area (Å²) in [6.45, 7) is 1.79. The molecular formula is C9H16O2. The smallest absolute Gasteiger partial charge is 0.306 e. The molecule has 0 aliphatic heterocycles. The number of carboxylic acids is 1. The van der Waals surface area contributed by atoms with E-state index in [-0.39, 0.29) is 5.92 Å². The van der Waals surface area contributed by atoms with Gasteiger partial charge in [-0.3, -0.25) is 4.79 Å². The molecule has 11 heavy (non-hydrogen) atoms. The summed E-state index contributed by atoms with van der Waals surface area (Å²) in [7, 11) is 0. The van der Waals surface area contributed by atoms with Gasteiger partial charge in [0.15, 0.2) is 0 Å². The molecule has 2 heteroatoms. The first-order chi connectivity index (χ1) is 5.20. The molecule has 1 N–H and O–H groups in total. The van der Waals surface area contributed by atoms with Gasteiger partial charge in [-0.25, -0.2) is 0 Å². The predicted molar refractivity (Wildman–Crippen MR) is 43.4 cm³/mol. The van der Waals surface area contributed by atoms with Crippen molar-refractivity contribution in [3.63, 3.8) is 0 Å². The van der Waals surface area contributed by atoms with Gasteiger partial charge in [-0.05, 0) is 18.8 Å². The molecule has 0 bridgehead atoms. The van der Waals surface area contributed by atoms with Gasteiger partial charge in [0.1, 0.15) is 0 Å². The zero-order valence-electron chi connectivity index (χ0n) is 7.05. The van der Waals surface area contributed by atoms with Crippen molar-refractivity contribution in [1.29, 1.82) is 0 Å². The molecule has 0 radical (unpaired) electrons. The Morgan fingerprint density at radius 1 is 1.64 bits per heavy atom. The molecule has 0 amide bonds. The summed E-state index contributed by atoms with van der Waals surface area (Å²) in [5, 5.41) is 8.59. The van der Waals surface area contributed by atoms with E-state index in [4.69, 9.17) is 5.11 Å². The van der Waals surface area contributed by atoms with E-state index in [2.05, 4.69) is 0 Å². The summed E-state index contributed by atoms with van der Waals surface area (Å²) in [5.74, 6) is 0.0525. The van der Waals surface area contributed by atoms with E-state index in [1.807, 2.05) is 0 Å². The topological polar surface area (TPSA) is 37.3 Å². The molecule has 0 saturated heterocycles. The van der Waals surface area contributed by atoms with Crippen LogP contribution >= 0.6 is 0 Å². The Morgan fingerprint density at radius 3 is 2.64 bits per heavy atom. The van der Waals surface area contributed by atoms with Crippen molar-refractivity contribution >= 4 is 5.97 Å². The predicted octanol–water partition coefficient (Wildman–Crippen LogP) is 2.29. The van der Waals surface area contributed by atoms with Crippen LogP contribution in [0.3, 0.4) is 0 Å². The van der Waals surface area contributed by atoms with Crippen LogP contribution in [0.25, 0.3) is 0 Å². The molecule has 0 aromatic carbocycles. The quantitative estimate of drug-likeness (QED) is 0.678. The third-order valence-corrected chi connectivity index (χ3v) is 2.65. The van der Waals surface area contributed by atoms with Gasteiger partial charge in [-0.2, -0.15) is 0 Å². The molecule has 0 heterocycles. The van der Waals surface area contributed by atoms with Crippen molar-refractivity contribution in [3.8, 4) is 0 Å². The van der Waals surface area contributed by atoms with E-state index in [0.29, 0.717) is 0 Å². The zero-order valence-corrected chi connectivity index (χ0v) is 7.05. The molecule has 0 spiro atoms. The third kappa shape index (κ3) is 2.52. The van der Waals surface area contributed by atoms with E-state index in [1.165, 1.54) is 19.3 Å². The molecule has 64 valence electrons. The number of rotatable bonds is 4. The number of aliphatic carboxylic acids is 1. The number of hydrogen-bond donors (Lipinski definition) is 1. The van der Waals surface area contributed by atoms with Crippen LogP contribution in [0.5, 0.6) is 0 Å². The fourth-order valence-electron chi connectivity index (χ4n) is 1.39. The van der Waals surface area contributed by atoms with E-state index >= 15 is 0 Å². The minimum atomic E-state index is -0.649. The monoisotopic (exact) mass is 156 g/mol. The van der Waals surface area contributed by atoms with E-state index < -0.39 is 5.97 Å². The fourth-order valence-corrected chi connectivity index (χ4v) is 1.39. The highest BCUT2D eigenvalue weighted by atomic mass is 16.4. The summed E-state index contributed by atoms with van der Waals surface area (Å²) in [5.41, 5.74) is 0. The molecule has 1 unspecified atom stereocenters. The van der Waals surface area contributed by atoms with Gasteiger partial charge in [0.2, 0.25) is 0 Å². The lowest BCUT2D eigenvalue weighted by atomic mass is 9.81. The molecule has 0 aromatic rings. The maximum atomic E-state index is 10.4. The molecule has 1 saturated carbocycles. The first-order valence-electron chi connectivity index (χ1n) is 4.43. The lowest BCUT2D eigenvalue weighted by Crippen LogP contribution is -2.15. The van der Waals surface area contributed by atoms with E-state index in [0.717, 1.165) is 18.8 Å². The van der Waals surface area contributed by atoms with Crippen molar-refractivity contribution in [2.75, 3.05) is 0 Å². The second-order valence-corrected chi connectivity index (χ2v) is 3.61. The van der Waals surface area contributed by atoms with E-state index in [9.17, 15) is 4.79 Å².